The normalized spacial score (nSPS) is 29.4. The van der Waals surface area contributed by atoms with Gasteiger partial charge < -0.3 is 44.7 Å². The fourth-order valence-electron chi connectivity index (χ4n) is 8.03. The second kappa shape index (κ2) is 15.5. The molecule has 14 heteroatoms. The molecule has 0 saturated carbocycles. The molecule has 4 aromatic rings. The van der Waals surface area contributed by atoms with E-state index >= 15 is 0 Å². The minimum absolute atomic E-state index is 0.0185. The zero-order chi connectivity index (χ0) is 41.8. The number of Topliss-reactive ketones (excluding diaryl/α,β-unsaturated/α-hetero) is 1. The number of esters is 1. The topological polar surface area (TPSA) is 198 Å². The molecule has 4 heterocycles. The van der Waals surface area contributed by atoms with Crippen molar-refractivity contribution >= 4 is 50.8 Å². The van der Waals surface area contributed by atoms with Crippen LogP contribution in [0.15, 0.2) is 54.5 Å². The fourth-order valence-corrected chi connectivity index (χ4v) is 8.03. The Bertz CT molecular complexity index is 2380. The van der Waals surface area contributed by atoms with Gasteiger partial charge in [0.15, 0.2) is 5.75 Å². The van der Waals surface area contributed by atoms with E-state index in [2.05, 4.69) is 5.32 Å². The average molecular weight is 786 g/mol. The number of aromatic hydroxyl groups is 2. The first-order chi connectivity index (χ1) is 26.8. The highest BCUT2D eigenvalue weighted by Crippen LogP contribution is 2.54. The summed E-state index contributed by atoms with van der Waals surface area (Å²) >= 11 is 0. The molecule has 2 aliphatic rings. The number of pyridine rings is 1. The van der Waals surface area contributed by atoms with Gasteiger partial charge in [0.25, 0.3) is 11.7 Å². The molecule has 0 fully saturated rings. The minimum atomic E-state index is -1.96. The van der Waals surface area contributed by atoms with Gasteiger partial charge in [-0.05, 0) is 44.5 Å². The first kappa shape index (κ1) is 41.2. The third-order valence-corrected chi connectivity index (χ3v) is 11.5. The molecule has 9 atom stereocenters. The van der Waals surface area contributed by atoms with Crippen LogP contribution in [0, 0.1) is 37.5 Å². The number of anilines is 1. The number of allylic oxidation sites excluding steroid dienone is 2. The number of ketones is 1. The Morgan fingerprint density at radius 2 is 1.68 bits per heavy atom. The number of phenols is 2. The van der Waals surface area contributed by atoms with E-state index in [0.717, 1.165) is 5.56 Å². The Kier molecular flexibility index (Phi) is 11.2. The molecule has 304 valence electrons. The predicted octanol–water partition coefficient (Wildman–Crippen LogP) is 6.16. The molecule has 0 unspecified atom stereocenters. The zero-order valence-electron chi connectivity index (χ0n) is 33.8. The molecule has 14 nitrogen and oxygen atoms in total. The number of hydrogen-bond donors (Lipinski definition) is 5. The lowest BCUT2D eigenvalue weighted by Gasteiger charge is -2.38. The smallest absolute Gasteiger partial charge is 0.312 e. The summed E-state index contributed by atoms with van der Waals surface area (Å²) in [5.41, 5.74) is 2.18. The highest BCUT2D eigenvalue weighted by molar-refractivity contribution is 6.28. The Balaban J connectivity index is 1.58. The highest BCUT2D eigenvalue weighted by atomic mass is 16.7. The Hall–Kier alpha value is -5.44. The van der Waals surface area contributed by atoms with Crippen molar-refractivity contribution in [2.75, 3.05) is 12.4 Å². The van der Waals surface area contributed by atoms with Gasteiger partial charge in [0.05, 0.1) is 35.5 Å². The van der Waals surface area contributed by atoms with Crippen LogP contribution >= 0.6 is 0 Å². The van der Waals surface area contributed by atoms with Gasteiger partial charge in [0, 0.05) is 67.3 Å². The molecule has 2 aromatic heterocycles. The van der Waals surface area contributed by atoms with Crippen molar-refractivity contribution in [2.24, 2.45) is 23.7 Å². The van der Waals surface area contributed by atoms with Crippen LogP contribution in [0.25, 0.3) is 27.5 Å². The number of aromatic nitrogens is 2. The van der Waals surface area contributed by atoms with Gasteiger partial charge in [-0.1, -0.05) is 45.9 Å². The molecular formula is C43H51N3O11. The quantitative estimate of drug-likeness (QED) is 0.115. The number of amides is 1. The van der Waals surface area contributed by atoms with Crippen molar-refractivity contribution in [3.05, 3.63) is 71.2 Å². The van der Waals surface area contributed by atoms with Crippen LogP contribution in [0.5, 0.6) is 17.2 Å². The highest BCUT2D eigenvalue weighted by Gasteiger charge is 2.50. The van der Waals surface area contributed by atoms with Crippen molar-refractivity contribution in [3.63, 3.8) is 0 Å². The third-order valence-electron chi connectivity index (χ3n) is 11.5. The van der Waals surface area contributed by atoms with E-state index in [1.165, 1.54) is 40.2 Å². The molecule has 0 radical (unpaired) electrons. The number of carbonyl (C=O) groups is 3. The SMILES string of the molecule is CO[C@H]1/C=C\O[C@@]2(C)Oc3c(C)c(O)c4c(O)c(c5c(nc6cc(C)ccn65)c4c3C2=O)NC(=O)C(C)=CC=C[C@H](C)[C@H](O)[C@@H](C)[C@@H](O)[C@@H](C)[C@H](OC(C)=O)[C@H]1C. The van der Waals surface area contributed by atoms with Crippen LogP contribution in [-0.2, 0) is 23.8 Å². The lowest BCUT2D eigenvalue weighted by Crippen LogP contribution is -2.46. The summed E-state index contributed by atoms with van der Waals surface area (Å²) < 4.78 is 25.5. The molecule has 2 aliphatic heterocycles. The molecule has 57 heavy (non-hydrogen) atoms. The van der Waals surface area contributed by atoms with Gasteiger partial charge in [-0.15, -0.1) is 0 Å². The minimum Gasteiger partial charge on any atom is -0.507 e. The third kappa shape index (κ3) is 7.10. The first-order valence-electron chi connectivity index (χ1n) is 19.0. The maximum atomic E-state index is 14.6. The van der Waals surface area contributed by atoms with E-state index in [-0.39, 0.29) is 55.7 Å². The Morgan fingerprint density at radius 3 is 2.35 bits per heavy atom. The summed E-state index contributed by atoms with van der Waals surface area (Å²) in [6.45, 7) is 14.7. The molecule has 5 N–H and O–H groups in total. The van der Waals surface area contributed by atoms with Crippen LogP contribution in [0.4, 0.5) is 5.69 Å². The Labute approximate surface area is 330 Å². The summed E-state index contributed by atoms with van der Waals surface area (Å²) in [5.74, 6) is -6.96. The van der Waals surface area contributed by atoms with E-state index in [9.17, 15) is 34.8 Å². The number of ether oxygens (including phenoxy) is 4. The maximum Gasteiger partial charge on any atom is 0.312 e. The van der Waals surface area contributed by atoms with Gasteiger partial charge >= 0.3 is 11.8 Å². The number of hydrogen-bond acceptors (Lipinski definition) is 12. The number of carbonyl (C=O) groups excluding carboxylic acids is 3. The molecule has 1 amide bonds. The molecule has 4 bridgehead atoms. The van der Waals surface area contributed by atoms with Crippen molar-refractivity contribution in [1.29, 1.82) is 0 Å². The number of aryl methyl sites for hydroxylation is 1. The van der Waals surface area contributed by atoms with Crippen LogP contribution < -0.4 is 10.1 Å². The number of imidazole rings is 1. The van der Waals surface area contributed by atoms with E-state index in [1.807, 2.05) is 19.1 Å². The summed E-state index contributed by atoms with van der Waals surface area (Å²) in [6.07, 6.45) is 5.62. The van der Waals surface area contributed by atoms with Gasteiger partial charge in [-0.25, -0.2) is 4.98 Å². The number of rotatable bonds is 2. The van der Waals surface area contributed by atoms with Crippen LogP contribution in [0.1, 0.15) is 70.0 Å². The number of fused-ring (bicyclic) bond motifs is 2. The molecule has 0 aliphatic carbocycles. The van der Waals surface area contributed by atoms with E-state index in [1.54, 1.807) is 63.4 Å². The first-order valence-corrected chi connectivity index (χ1v) is 19.0. The molecule has 0 spiro atoms. The Morgan fingerprint density at radius 1 is 0.982 bits per heavy atom. The van der Waals surface area contributed by atoms with Crippen LogP contribution in [-0.4, -0.2) is 84.8 Å². The second-order valence-corrected chi connectivity index (χ2v) is 15.6. The van der Waals surface area contributed by atoms with Crippen molar-refractivity contribution in [2.45, 2.75) is 92.5 Å². The lowest BCUT2D eigenvalue weighted by atomic mass is 9.78. The van der Waals surface area contributed by atoms with Crippen molar-refractivity contribution < 1.29 is 53.8 Å². The zero-order valence-corrected chi connectivity index (χ0v) is 33.8. The van der Waals surface area contributed by atoms with Crippen molar-refractivity contribution in [1.82, 2.24) is 9.38 Å². The van der Waals surface area contributed by atoms with Crippen LogP contribution in [0.3, 0.4) is 0 Å². The summed E-state index contributed by atoms with van der Waals surface area (Å²) in [5, 5.41) is 49.4. The van der Waals surface area contributed by atoms with Gasteiger partial charge in [0.1, 0.15) is 40.0 Å². The average Bonchev–Trinajstić information content (AvgIpc) is 3.67. The van der Waals surface area contributed by atoms with Crippen LogP contribution in [0.2, 0.25) is 0 Å². The second-order valence-electron chi connectivity index (χ2n) is 15.6. The van der Waals surface area contributed by atoms with Gasteiger partial charge in [-0.2, -0.15) is 0 Å². The molecule has 2 aromatic carbocycles. The number of nitrogens with one attached hydrogen (secondary N) is 1. The summed E-state index contributed by atoms with van der Waals surface area (Å²) in [7, 11) is 1.46. The van der Waals surface area contributed by atoms with E-state index in [4.69, 9.17) is 23.9 Å². The standard InChI is InChI=1S/C43H51N3O11/c1-19-14-16-46-28(18-19)44-32-29-30-37(50)25(7)40-31(29)41(52)43(9,57-40)55-17-15-27(54-10)22(4)39(56-26(8)47)24(6)36(49)23(5)35(48)20(2)12-11-13-21(3)42(53)45-33(34(32)46)38(30)51/h11-18,20,22-24,27,35-36,39,48-51H,1-10H3,(H,45,53)/b12-11?,17-15-,21-13?/t20-,22-,23+,24+,27-,35-,36+,39+,43-/m0/s1. The lowest BCUT2D eigenvalue weighted by molar-refractivity contribution is -0.160. The number of aliphatic hydroxyl groups excluding tert-OH is 2. The number of phenolic OH excluding ortho intramolecular Hbond substituents is 2. The largest absolute Gasteiger partial charge is 0.507 e. The number of nitrogens with zero attached hydrogens (tertiary/aromatic N) is 2. The number of benzene rings is 2. The molecular weight excluding hydrogens is 734 g/mol. The maximum absolute atomic E-state index is 14.6. The van der Waals surface area contributed by atoms with E-state index in [0.29, 0.717) is 5.65 Å². The van der Waals surface area contributed by atoms with Crippen molar-refractivity contribution in [3.8, 4) is 17.2 Å². The summed E-state index contributed by atoms with van der Waals surface area (Å²) in [4.78, 5) is 45.6. The van der Waals surface area contributed by atoms with E-state index < -0.39 is 77.3 Å². The molecule has 0 saturated heterocycles. The van der Waals surface area contributed by atoms with Gasteiger partial charge in [-0.3, -0.25) is 18.8 Å². The monoisotopic (exact) mass is 785 g/mol. The fraction of sp³-hybridized carbons (Fsp3) is 0.442. The van der Waals surface area contributed by atoms with Gasteiger partial charge in [0.2, 0.25) is 0 Å². The number of aliphatic hydroxyl groups is 2. The summed E-state index contributed by atoms with van der Waals surface area (Å²) in [6, 6.07) is 3.64. The molecule has 6 rings (SSSR count). The predicted molar refractivity (Wildman–Crippen MR) is 213 cm³/mol. The number of methoxy groups -OCH3 is 1.